The third kappa shape index (κ3) is 3.55. The van der Waals surface area contributed by atoms with E-state index in [0.29, 0.717) is 5.92 Å². The van der Waals surface area contributed by atoms with Crippen molar-refractivity contribution in [3.63, 3.8) is 0 Å². The van der Waals surface area contributed by atoms with E-state index in [1.807, 2.05) is 11.7 Å². The van der Waals surface area contributed by atoms with Crippen molar-refractivity contribution in [2.45, 2.75) is 45.6 Å². The first-order valence-corrected chi connectivity index (χ1v) is 8.29. The number of benzene rings is 1. The third-order valence-corrected chi connectivity index (χ3v) is 4.86. The molecule has 1 atom stereocenters. The second kappa shape index (κ2) is 6.75. The van der Waals surface area contributed by atoms with Crippen LogP contribution in [0, 0.1) is 0 Å². The standard InChI is InChI=1S/C17H24BrN3/c1-5-15-17(18)16(21(4)20-15)10-14(19)13-8-6-12(7-9-13)11(2)3/h6-9,11,14H,5,10,19H2,1-4H3. The maximum absolute atomic E-state index is 6.38. The Kier molecular flexibility index (Phi) is 5.22. The van der Waals surface area contributed by atoms with E-state index in [4.69, 9.17) is 5.73 Å². The number of aryl methyl sites for hydroxylation is 2. The zero-order valence-electron chi connectivity index (χ0n) is 13.2. The van der Waals surface area contributed by atoms with Gasteiger partial charge in [-0.05, 0) is 39.4 Å². The summed E-state index contributed by atoms with van der Waals surface area (Å²) in [5, 5.41) is 4.53. The number of hydrogen-bond acceptors (Lipinski definition) is 2. The summed E-state index contributed by atoms with van der Waals surface area (Å²) in [6.07, 6.45) is 1.71. The van der Waals surface area contributed by atoms with Crippen LogP contribution in [0.1, 0.15) is 55.2 Å². The minimum absolute atomic E-state index is 0.0115. The fraction of sp³-hybridized carbons (Fsp3) is 0.471. The van der Waals surface area contributed by atoms with Crippen molar-refractivity contribution in [2.24, 2.45) is 12.8 Å². The van der Waals surface area contributed by atoms with Gasteiger partial charge in [-0.1, -0.05) is 45.0 Å². The number of nitrogens with two attached hydrogens (primary N) is 1. The smallest absolute Gasteiger partial charge is 0.0766 e. The SMILES string of the molecule is CCc1nn(C)c(CC(N)c2ccc(C(C)C)cc2)c1Br. The van der Waals surface area contributed by atoms with Crippen molar-refractivity contribution in [3.05, 3.63) is 51.3 Å². The summed E-state index contributed by atoms with van der Waals surface area (Å²) in [6, 6.07) is 8.63. The molecular formula is C17H24BrN3. The van der Waals surface area contributed by atoms with Crippen LogP contribution >= 0.6 is 15.9 Å². The highest BCUT2D eigenvalue weighted by Crippen LogP contribution is 2.26. The van der Waals surface area contributed by atoms with E-state index in [1.54, 1.807) is 0 Å². The molecule has 0 bridgehead atoms. The second-order valence-electron chi connectivity index (χ2n) is 5.82. The van der Waals surface area contributed by atoms with Crippen molar-refractivity contribution >= 4 is 15.9 Å². The molecule has 0 saturated carbocycles. The van der Waals surface area contributed by atoms with Gasteiger partial charge in [0.25, 0.3) is 0 Å². The minimum Gasteiger partial charge on any atom is -0.324 e. The van der Waals surface area contributed by atoms with Crippen LogP contribution in [0.2, 0.25) is 0 Å². The van der Waals surface area contributed by atoms with Gasteiger partial charge in [0.05, 0.1) is 15.9 Å². The molecule has 1 aromatic carbocycles. The largest absolute Gasteiger partial charge is 0.324 e. The van der Waals surface area contributed by atoms with Gasteiger partial charge in [-0.2, -0.15) is 5.10 Å². The summed E-state index contributed by atoms with van der Waals surface area (Å²) in [6.45, 7) is 6.52. The van der Waals surface area contributed by atoms with Gasteiger partial charge in [0.15, 0.2) is 0 Å². The molecule has 2 rings (SSSR count). The monoisotopic (exact) mass is 349 g/mol. The van der Waals surface area contributed by atoms with Crippen LogP contribution in [-0.2, 0) is 19.9 Å². The first-order chi connectivity index (χ1) is 9.93. The lowest BCUT2D eigenvalue weighted by Crippen LogP contribution is -2.15. The number of nitrogens with zero attached hydrogens (tertiary/aromatic N) is 2. The Bertz CT molecular complexity index is 599. The molecule has 2 aromatic rings. The van der Waals surface area contributed by atoms with Gasteiger partial charge >= 0.3 is 0 Å². The molecule has 21 heavy (non-hydrogen) atoms. The van der Waals surface area contributed by atoms with Crippen LogP contribution < -0.4 is 5.73 Å². The van der Waals surface area contributed by atoms with Gasteiger partial charge < -0.3 is 5.73 Å². The van der Waals surface area contributed by atoms with Crippen LogP contribution in [0.5, 0.6) is 0 Å². The number of hydrogen-bond donors (Lipinski definition) is 1. The van der Waals surface area contributed by atoms with E-state index < -0.39 is 0 Å². The van der Waals surface area contributed by atoms with E-state index in [2.05, 4.69) is 66.1 Å². The van der Waals surface area contributed by atoms with Crippen LogP contribution in [-0.4, -0.2) is 9.78 Å². The Labute approximate surface area is 135 Å². The molecule has 1 unspecified atom stereocenters. The molecular weight excluding hydrogens is 326 g/mol. The van der Waals surface area contributed by atoms with E-state index in [9.17, 15) is 0 Å². The molecule has 0 aliphatic rings. The van der Waals surface area contributed by atoms with Crippen LogP contribution in [0.3, 0.4) is 0 Å². The Morgan fingerprint density at radius 2 is 1.76 bits per heavy atom. The topological polar surface area (TPSA) is 43.8 Å². The summed E-state index contributed by atoms with van der Waals surface area (Å²) in [4.78, 5) is 0. The molecule has 0 spiro atoms. The number of rotatable bonds is 5. The Morgan fingerprint density at radius 1 is 1.19 bits per heavy atom. The van der Waals surface area contributed by atoms with Gasteiger partial charge in [-0.3, -0.25) is 4.68 Å². The number of aromatic nitrogens is 2. The lowest BCUT2D eigenvalue weighted by Gasteiger charge is -2.14. The second-order valence-corrected chi connectivity index (χ2v) is 6.61. The normalized spacial score (nSPS) is 12.9. The average molecular weight is 350 g/mol. The van der Waals surface area contributed by atoms with Gasteiger partial charge in [-0.15, -0.1) is 0 Å². The Hall–Kier alpha value is -1.13. The van der Waals surface area contributed by atoms with E-state index in [0.717, 1.165) is 28.7 Å². The van der Waals surface area contributed by atoms with Crippen molar-refractivity contribution in [1.82, 2.24) is 9.78 Å². The quantitative estimate of drug-likeness (QED) is 0.882. The van der Waals surface area contributed by atoms with Crippen molar-refractivity contribution in [3.8, 4) is 0 Å². The molecule has 3 nitrogen and oxygen atoms in total. The minimum atomic E-state index is -0.0115. The van der Waals surface area contributed by atoms with Crippen LogP contribution in [0.15, 0.2) is 28.7 Å². The molecule has 0 aliphatic carbocycles. The maximum Gasteiger partial charge on any atom is 0.0766 e. The molecule has 1 aromatic heterocycles. The molecule has 0 saturated heterocycles. The molecule has 0 aliphatic heterocycles. The number of halogens is 1. The predicted octanol–water partition coefficient (Wildman–Crippen LogP) is 4.11. The van der Waals surface area contributed by atoms with Crippen LogP contribution in [0.25, 0.3) is 0 Å². The van der Waals surface area contributed by atoms with Gasteiger partial charge in [-0.25, -0.2) is 0 Å². The average Bonchev–Trinajstić information content (AvgIpc) is 2.74. The first kappa shape index (κ1) is 16.2. The maximum atomic E-state index is 6.38. The molecule has 0 radical (unpaired) electrons. The molecule has 0 amide bonds. The van der Waals surface area contributed by atoms with E-state index in [1.165, 1.54) is 11.1 Å². The van der Waals surface area contributed by atoms with Crippen molar-refractivity contribution < 1.29 is 0 Å². The lowest BCUT2D eigenvalue weighted by atomic mass is 9.97. The fourth-order valence-electron chi connectivity index (χ4n) is 2.50. The van der Waals surface area contributed by atoms with Gasteiger partial charge in [0, 0.05) is 19.5 Å². The Balaban J connectivity index is 2.18. The van der Waals surface area contributed by atoms with Gasteiger partial charge in [0.2, 0.25) is 0 Å². The third-order valence-electron chi connectivity index (χ3n) is 3.95. The summed E-state index contributed by atoms with van der Waals surface area (Å²) in [5.74, 6) is 0.550. The molecule has 2 N–H and O–H groups in total. The first-order valence-electron chi connectivity index (χ1n) is 7.49. The van der Waals surface area contributed by atoms with Crippen LogP contribution in [0.4, 0.5) is 0 Å². The summed E-state index contributed by atoms with van der Waals surface area (Å²) in [5.41, 5.74) is 11.2. The zero-order chi connectivity index (χ0) is 15.6. The lowest BCUT2D eigenvalue weighted by molar-refractivity contribution is 0.636. The predicted molar refractivity (Wildman–Crippen MR) is 91.4 cm³/mol. The summed E-state index contributed by atoms with van der Waals surface area (Å²) in [7, 11) is 1.98. The Morgan fingerprint density at radius 3 is 2.24 bits per heavy atom. The molecule has 4 heteroatoms. The zero-order valence-corrected chi connectivity index (χ0v) is 14.8. The highest BCUT2D eigenvalue weighted by Gasteiger charge is 2.16. The van der Waals surface area contributed by atoms with Crippen molar-refractivity contribution in [1.29, 1.82) is 0 Å². The highest BCUT2D eigenvalue weighted by atomic mass is 79.9. The molecule has 1 heterocycles. The fourth-order valence-corrected chi connectivity index (χ4v) is 3.27. The summed E-state index contributed by atoms with van der Waals surface area (Å²) < 4.78 is 3.03. The summed E-state index contributed by atoms with van der Waals surface area (Å²) >= 11 is 3.66. The molecule has 0 fully saturated rings. The molecule has 114 valence electrons. The van der Waals surface area contributed by atoms with E-state index in [-0.39, 0.29) is 6.04 Å². The highest BCUT2D eigenvalue weighted by molar-refractivity contribution is 9.10. The van der Waals surface area contributed by atoms with Gasteiger partial charge in [0.1, 0.15) is 0 Å². The van der Waals surface area contributed by atoms with Crippen molar-refractivity contribution in [2.75, 3.05) is 0 Å². The van der Waals surface area contributed by atoms with E-state index >= 15 is 0 Å².